The van der Waals surface area contributed by atoms with E-state index >= 15 is 0 Å². The molecule has 0 radical (unpaired) electrons. The summed E-state index contributed by atoms with van der Waals surface area (Å²) in [6, 6.07) is 21.5. The molecule has 0 spiro atoms. The van der Waals surface area contributed by atoms with Gasteiger partial charge in [0.15, 0.2) is 0 Å². The summed E-state index contributed by atoms with van der Waals surface area (Å²) in [5, 5.41) is 2.66. The van der Waals surface area contributed by atoms with Gasteiger partial charge < -0.3 is 4.43 Å². The summed E-state index contributed by atoms with van der Waals surface area (Å²) >= 11 is 0. The van der Waals surface area contributed by atoms with E-state index < -0.39 is 8.32 Å². The maximum absolute atomic E-state index is 6.89. The highest BCUT2D eigenvalue weighted by atomic mass is 28.4. The van der Waals surface area contributed by atoms with Crippen LogP contribution in [0.1, 0.15) is 34.1 Å². The zero-order valence-electron chi connectivity index (χ0n) is 14.8. The first kappa shape index (κ1) is 17.7. The molecule has 0 aromatic heterocycles. The van der Waals surface area contributed by atoms with Gasteiger partial charge in [0.25, 0.3) is 8.32 Å². The van der Waals surface area contributed by atoms with Gasteiger partial charge in [-0.1, -0.05) is 94.4 Å². The third-order valence-corrected chi connectivity index (χ3v) is 9.47. The first-order valence-corrected chi connectivity index (χ1v) is 10.3. The van der Waals surface area contributed by atoms with Gasteiger partial charge in [-0.05, 0) is 21.8 Å². The molecule has 122 valence electrons. The molecule has 23 heavy (non-hydrogen) atoms. The van der Waals surface area contributed by atoms with Crippen LogP contribution in [-0.2, 0) is 4.43 Å². The van der Waals surface area contributed by atoms with E-state index in [1.807, 2.05) is 6.08 Å². The normalized spacial score (nSPS) is 13.6. The highest BCUT2D eigenvalue weighted by molar-refractivity contribution is 6.99. The molecule has 1 unspecified atom stereocenters. The second-order valence-corrected chi connectivity index (χ2v) is 11.2. The molecule has 0 aliphatic heterocycles. The Hall–Kier alpha value is -1.64. The Balaban J connectivity index is 2.72. The van der Waals surface area contributed by atoms with Crippen molar-refractivity contribution in [2.24, 2.45) is 0 Å². The Morgan fingerprint density at radius 3 is 1.70 bits per heavy atom. The SMILES string of the molecule is C=CC(CC)O[Si](c1ccccc1)(c1ccccc1)C(C)(C)C. The van der Waals surface area contributed by atoms with E-state index in [2.05, 4.69) is 94.9 Å². The first-order valence-electron chi connectivity index (χ1n) is 8.37. The molecule has 2 heteroatoms. The molecule has 0 saturated carbocycles. The zero-order valence-corrected chi connectivity index (χ0v) is 15.8. The van der Waals surface area contributed by atoms with Crippen LogP contribution in [0.3, 0.4) is 0 Å². The van der Waals surface area contributed by atoms with Crippen LogP contribution in [0.25, 0.3) is 0 Å². The van der Waals surface area contributed by atoms with E-state index in [-0.39, 0.29) is 11.1 Å². The molecule has 0 saturated heterocycles. The molecule has 0 aliphatic rings. The predicted molar refractivity (Wildman–Crippen MR) is 103 cm³/mol. The van der Waals surface area contributed by atoms with Crippen molar-refractivity contribution < 1.29 is 4.43 Å². The first-order chi connectivity index (χ1) is 11.0. The van der Waals surface area contributed by atoms with E-state index in [9.17, 15) is 0 Å². The van der Waals surface area contributed by atoms with Crippen molar-refractivity contribution in [1.29, 1.82) is 0 Å². The van der Waals surface area contributed by atoms with Gasteiger partial charge in [-0.25, -0.2) is 0 Å². The highest BCUT2D eigenvalue weighted by Crippen LogP contribution is 2.37. The molecular weight excluding hydrogens is 296 g/mol. The van der Waals surface area contributed by atoms with Gasteiger partial charge in [-0.3, -0.25) is 0 Å². The monoisotopic (exact) mass is 324 g/mol. The molecule has 0 amide bonds. The van der Waals surface area contributed by atoms with Crippen molar-refractivity contribution >= 4 is 18.7 Å². The van der Waals surface area contributed by atoms with Gasteiger partial charge in [-0.15, -0.1) is 6.58 Å². The van der Waals surface area contributed by atoms with Gasteiger partial charge in [0.2, 0.25) is 0 Å². The fourth-order valence-electron chi connectivity index (χ4n) is 3.22. The van der Waals surface area contributed by atoms with Gasteiger partial charge in [-0.2, -0.15) is 0 Å². The predicted octanol–water partition coefficient (Wildman–Crippen LogP) is 4.53. The number of benzene rings is 2. The molecule has 0 fully saturated rings. The van der Waals surface area contributed by atoms with Crippen molar-refractivity contribution in [3.63, 3.8) is 0 Å². The third kappa shape index (κ3) is 3.49. The minimum atomic E-state index is -2.43. The minimum Gasteiger partial charge on any atom is -0.401 e. The van der Waals surface area contributed by atoms with E-state index in [0.29, 0.717) is 0 Å². The summed E-state index contributed by atoms with van der Waals surface area (Å²) < 4.78 is 6.89. The van der Waals surface area contributed by atoms with Crippen molar-refractivity contribution in [2.75, 3.05) is 0 Å². The molecule has 1 nitrogen and oxygen atoms in total. The van der Waals surface area contributed by atoms with Crippen molar-refractivity contribution in [1.82, 2.24) is 0 Å². The van der Waals surface area contributed by atoms with Crippen LogP contribution in [0.5, 0.6) is 0 Å². The summed E-state index contributed by atoms with van der Waals surface area (Å²) in [6.45, 7) is 13.0. The fourth-order valence-corrected chi connectivity index (χ4v) is 7.95. The Labute approximate surface area is 142 Å². The largest absolute Gasteiger partial charge is 0.401 e. The Bertz CT molecular complexity index is 574. The lowest BCUT2D eigenvalue weighted by Gasteiger charge is -2.44. The summed E-state index contributed by atoms with van der Waals surface area (Å²) in [6.07, 6.45) is 2.95. The quantitative estimate of drug-likeness (QED) is 0.560. The van der Waals surface area contributed by atoms with Crippen molar-refractivity contribution in [3.8, 4) is 0 Å². The lowest BCUT2D eigenvalue weighted by Crippen LogP contribution is -2.67. The van der Waals surface area contributed by atoms with Crippen LogP contribution in [0.4, 0.5) is 0 Å². The van der Waals surface area contributed by atoms with Crippen LogP contribution in [-0.4, -0.2) is 14.4 Å². The van der Waals surface area contributed by atoms with Gasteiger partial charge in [0, 0.05) is 0 Å². The topological polar surface area (TPSA) is 9.23 Å². The van der Waals surface area contributed by atoms with Crippen LogP contribution >= 0.6 is 0 Å². The Morgan fingerprint density at radius 1 is 0.957 bits per heavy atom. The van der Waals surface area contributed by atoms with E-state index in [4.69, 9.17) is 4.43 Å². The average molecular weight is 325 g/mol. The molecule has 0 heterocycles. The van der Waals surface area contributed by atoms with Crippen molar-refractivity contribution in [2.45, 2.75) is 45.3 Å². The van der Waals surface area contributed by atoms with Crippen LogP contribution in [0, 0.1) is 0 Å². The van der Waals surface area contributed by atoms with Crippen molar-refractivity contribution in [3.05, 3.63) is 73.3 Å². The Kier molecular flexibility index (Phi) is 5.61. The smallest absolute Gasteiger partial charge is 0.261 e. The molecule has 0 N–H and O–H groups in total. The molecular formula is C21H28OSi. The lowest BCUT2D eigenvalue weighted by molar-refractivity contribution is 0.229. The van der Waals surface area contributed by atoms with E-state index in [1.54, 1.807) is 0 Å². The van der Waals surface area contributed by atoms with Gasteiger partial charge >= 0.3 is 0 Å². The second-order valence-electron chi connectivity index (χ2n) is 6.96. The Morgan fingerprint density at radius 2 is 1.39 bits per heavy atom. The zero-order chi connectivity index (χ0) is 16.9. The third-order valence-electron chi connectivity index (χ3n) is 4.41. The molecule has 2 rings (SSSR count). The minimum absolute atomic E-state index is 0.0200. The maximum Gasteiger partial charge on any atom is 0.261 e. The van der Waals surface area contributed by atoms with Crippen LogP contribution in [0.2, 0.25) is 5.04 Å². The standard InChI is InChI=1S/C21H28OSi/c1-6-18(7-2)22-23(21(3,4)5,19-14-10-8-11-15-19)20-16-12-9-13-17-20/h6,8-18H,1,7H2,2-5H3. The lowest BCUT2D eigenvalue weighted by atomic mass is 10.2. The summed E-state index contributed by atoms with van der Waals surface area (Å²) in [4.78, 5) is 0. The molecule has 2 aromatic rings. The van der Waals surface area contributed by atoms with Gasteiger partial charge in [0.1, 0.15) is 0 Å². The van der Waals surface area contributed by atoms with Gasteiger partial charge in [0.05, 0.1) is 6.10 Å². The molecule has 0 bridgehead atoms. The highest BCUT2D eigenvalue weighted by Gasteiger charge is 2.50. The summed E-state index contributed by atoms with van der Waals surface area (Å²) in [5.41, 5.74) is 0. The number of rotatable bonds is 6. The fraction of sp³-hybridized carbons (Fsp3) is 0.333. The average Bonchev–Trinajstić information content (AvgIpc) is 2.57. The molecule has 1 atom stereocenters. The maximum atomic E-state index is 6.89. The van der Waals surface area contributed by atoms with Crippen LogP contribution in [0.15, 0.2) is 73.3 Å². The van der Waals surface area contributed by atoms with E-state index in [0.717, 1.165) is 6.42 Å². The molecule has 2 aromatic carbocycles. The molecule has 0 aliphatic carbocycles. The van der Waals surface area contributed by atoms with Crippen LogP contribution < -0.4 is 10.4 Å². The number of hydrogen-bond acceptors (Lipinski definition) is 1. The van der Waals surface area contributed by atoms with E-state index in [1.165, 1.54) is 10.4 Å². The summed E-state index contributed by atoms with van der Waals surface area (Å²) in [5.74, 6) is 0. The second kappa shape index (κ2) is 7.29. The number of hydrogen-bond donors (Lipinski definition) is 0. The summed E-state index contributed by atoms with van der Waals surface area (Å²) in [7, 11) is -2.43.